The molecule has 3 heteroatoms. The van der Waals surface area contributed by atoms with Crippen molar-refractivity contribution in [1.29, 1.82) is 0 Å². The van der Waals surface area contributed by atoms with Gasteiger partial charge in [-0.15, -0.1) is 0 Å². The van der Waals surface area contributed by atoms with E-state index in [1.807, 2.05) is 19.1 Å². The van der Waals surface area contributed by atoms with Crippen molar-refractivity contribution < 1.29 is 13.9 Å². The van der Waals surface area contributed by atoms with Crippen LogP contribution in [-0.4, -0.2) is 12.4 Å². The van der Waals surface area contributed by atoms with E-state index < -0.39 is 0 Å². The summed E-state index contributed by atoms with van der Waals surface area (Å²) in [5, 5.41) is 0. The first-order chi connectivity index (χ1) is 8.65. The summed E-state index contributed by atoms with van der Waals surface area (Å²) in [6.45, 7) is 1.83. The Bertz CT molecular complexity index is 564. The Morgan fingerprint density at radius 3 is 2.67 bits per heavy atom. The van der Waals surface area contributed by atoms with Gasteiger partial charge in [0.1, 0.15) is 11.6 Å². The van der Waals surface area contributed by atoms with E-state index in [1.165, 1.54) is 12.1 Å². The van der Waals surface area contributed by atoms with Gasteiger partial charge in [-0.25, -0.2) is 4.39 Å². The minimum atomic E-state index is -0.379. The van der Waals surface area contributed by atoms with Gasteiger partial charge in [0.2, 0.25) is 0 Å². The van der Waals surface area contributed by atoms with Crippen molar-refractivity contribution in [2.45, 2.75) is 6.92 Å². The molecule has 2 aromatic carbocycles. The standard InChI is InChI=1S/C15H13FO2/c1-11-4-2-5-12(8-11)15(17)10-18-14-7-3-6-13(16)9-14/h2-9H,10H2,1H3. The second kappa shape index (κ2) is 5.45. The molecule has 0 aliphatic rings. The molecular formula is C15H13FO2. The minimum Gasteiger partial charge on any atom is -0.485 e. The first-order valence-corrected chi connectivity index (χ1v) is 5.63. The van der Waals surface area contributed by atoms with Crippen LogP contribution >= 0.6 is 0 Å². The van der Waals surface area contributed by atoms with Gasteiger partial charge in [0.25, 0.3) is 0 Å². The van der Waals surface area contributed by atoms with Crippen molar-refractivity contribution >= 4 is 5.78 Å². The van der Waals surface area contributed by atoms with Gasteiger partial charge in [0, 0.05) is 11.6 Å². The highest BCUT2D eigenvalue weighted by Crippen LogP contribution is 2.13. The van der Waals surface area contributed by atoms with Crippen LogP contribution in [0.3, 0.4) is 0 Å². The van der Waals surface area contributed by atoms with Crippen LogP contribution in [0.5, 0.6) is 5.75 Å². The number of carbonyl (C=O) groups is 1. The van der Waals surface area contributed by atoms with E-state index in [-0.39, 0.29) is 18.2 Å². The second-order valence-electron chi connectivity index (χ2n) is 4.04. The van der Waals surface area contributed by atoms with Crippen molar-refractivity contribution in [3.63, 3.8) is 0 Å². The number of benzene rings is 2. The predicted molar refractivity (Wildman–Crippen MR) is 67.4 cm³/mol. The Morgan fingerprint density at radius 1 is 1.17 bits per heavy atom. The van der Waals surface area contributed by atoms with Gasteiger partial charge in [-0.05, 0) is 25.1 Å². The Kier molecular flexibility index (Phi) is 3.72. The molecule has 2 aromatic rings. The van der Waals surface area contributed by atoms with Gasteiger partial charge in [-0.1, -0.05) is 29.8 Å². The predicted octanol–water partition coefficient (Wildman–Crippen LogP) is 3.40. The molecule has 0 spiro atoms. The number of carbonyl (C=O) groups excluding carboxylic acids is 1. The van der Waals surface area contributed by atoms with Gasteiger partial charge in [0.15, 0.2) is 12.4 Å². The van der Waals surface area contributed by atoms with Gasteiger partial charge >= 0.3 is 0 Å². The molecule has 0 saturated heterocycles. The molecule has 0 N–H and O–H groups in total. The van der Waals surface area contributed by atoms with E-state index in [0.29, 0.717) is 11.3 Å². The molecule has 0 aliphatic carbocycles. The SMILES string of the molecule is Cc1cccc(C(=O)COc2cccc(F)c2)c1. The first kappa shape index (κ1) is 12.3. The number of rotatable bonds is 4. The fourth-order valence-corrected chi connectivity index (χ4v) is 1.61. The molecule has 0 bridgehead atoms. The fraction of sp³-hybridized carbons (Fsp3) is 0.133. The third-order valence-corrected chi connectivity index (χ3v) is 2.51. The lowest BCUT2D eigenvalue weighted by Gasteiger charge is -2.06. The molecule has 0 saturated carbocycles. The molecule has 0 radical (unpaired) electrons. The molecular weight excluding hydrogens is 231 g/mol. The van der Waals surface area contributed by atoms with Crippen molar-refractivity contribution in [2.75, 3.05) is 6.61 Å². The molecule has 92 valence electrons. The topological polar surface area (TPSA) is 26.3 Å². The maximum atomic E-state index is 12.9. The molecule has 0 fully saturated rings. The summed E-state index contributed by atoms with van der Waals surface area (Å²) in [6, 6.07) is 13.0. The van der Waals surface area contributed by atoms with E-state index in [9.17, 15) is 9.18 Å². The van der Waals surface area contributed by atoms with Crippen LogP contribution < -0.4 is 4.74 Å². The van der Waals surface area contributed by atoms with Gasteiger partial charge in [-0.3, -0.25) is 4.79 Å². The van der Waals surface area contributed by atoms with E-state index in [4.69, 9.17) is 4.74 Å². The number of ether oxygens (including phenoxy) is 1. The van der Waals surface area contributed by atoms with E-state index in [1.54, 1.807) is 24.3 Å². The van der Waals surface area contributed by atoms with Crippen LogP contribution in [0.4, 0.5) is 4.39 Å². The summed E-state index contributed by atoms with van der Waals surface area (Å²) in [6.07, 6.45) is 0. The maximum absolute atomic E-state index is 12.9. The van der Waals surface area contributed by atoms with Gasteiger partial charge in [-0.2, -0.15) is 0 Å². The lowest BCUT2D eigenvalue weighted by atomic mass is 10.1. The molecule has 0 amide bonds. The zero-order chi connectivity index (χ0) is 13.0. The highest BCUT2D eigenvalue weighted by Gasteiger charge is 2.07. The van der Waals surface area contributed by atoms with Crippen molar-refractivity contribution in [1.82, 2.24) is 0 Å². The number of aryl methyl sites for hydroxylation is 1. The monoisotopic (exact) mass is 244 g/mol. The average molecular weight is 244 g/mol. The Morgan fingerprint density at radius 2 is 1.94 bits per heavy atom. The number of hydrogen-bond acceptors (Lipinski definition) is 2. The molecule has 0 aliphatic heterocycles. The van der Waals surface area contributed by atoms with Crippen molar-refractivity contribution in [3.05, 3.63) is 65.5 Å². The molecule has 0 aromatic heterocycles. The zero-order valence-corrected chi connectivity index (χ0v) is 10.0. The Hall–Kier alpha value is -2.16. The smallest absolute Gasteiger partial charge is 0.200 e. The third kappa shape index (κ3) is 3.17. The quantitative estimate of drug-likeness (QED) is 0.770. The second-order valence-corrected chi connectivity index (χ2v) is 4.04. The molecule has 0 atom stereocenters. The zero-order valence-electron chi connectivity index (χ0n) is 10.0. The summed E-state index contributed by atoms with van der Waals surface area (Å²) in [5.74, 6) is -0.144. The summed E-state index contributed by atoms with van der Waals surface area (Å²) >= 11 is 0. The largest absolute Gasteiger partial charge is 0.485 e. The summed E-state index contributed by atoms with van der Waals surface area (Å²) < 4.78 is 18.2. The van der Waals surface area contributed by atoms with Crippen LogP contribution in [0.15, 0.2) is 48.5 Å². The van der Waals surface area contributed by atoms with Crippen molar-refractivity contribution in [3.8, 4) is 5.75 Å². The van der Waals surface area contributed by atoms with Crippen LogP contribution in [0, 0.1) is 12.7 Å². The highest BCUT2D eigenvalue weighted by atomic mass is 19.1. The number of halogens is 1. The lowest BCUT2D eigenvalue weighted by Crippen LogP contribution is -2.11. The summed E-state index contributed by atoms with van der Waals surface area (Å²) in [4.78, 5) is 11.8. The number of Topliss-reactive ketones (excluding diaryl/α,β-unsaturated/α-hetero) is 1. The molecule has 18 heavy (non-hydrogen) atoms. The Balaban J connectivity index is 2.00. The highest BCUT2D eigenvalue weighted by molar-refractivity contribution is 5.97. The molecule has 0 heterocycles. The van der Waals surface area contributed by atoms with Crippen LogP contribution in [0.25, 0.3) is 0 Å². The van der Waals surface area contributed by atoms with E-state index in [0.717, 1.165) is 5.56 Å². The van der Waals surface area contributed by atoms with Gasteiger partial charge in [0.05, 0.1) is 0 Å². The molecule has 0 unspecified atom stereocenters. The Labute approximate surface area is 105 Å². The fourth-order valence-electron chi connectivity index (χ4n) is 1.61. The maximum Gasteiger partial charge on any atom is 0.200 e. The lowest BCUT2D eigenvalue weighted by molar-refractivity contribution is 0.0921. The summed E-state index contributed by atoms with van der Waals surface area (Å²) in [5.41, 5.74) is 1.62. The van der Waals surface area contributed by atoms with Crippen LogP contribution in [-0.2, 0) is 0 Å². The normalized spacial score (nSPS) is 10.1. The van der Waals surface area contributed by atoms with Gasteiger partial charge < -0.3 is 4.74 Å². The van der Waals surface area contributed by atoms with E-state index >= 15 is 0 Å². The molecule has 2 nitrogen and oxygen atoms in total. The van der Waals surface area contributed by atoms with Crippen molar-refractivity contribution in [2.24, 2.45) is 0 Å². The average Bonchev–Trinajstić information content (AvgIpc) is 2.36. The third-order valence-electron chi connectivity index (χ3n) is 2.51. The first-order valence-electron chi connectivity index (χ1n) is 5.63. The number of hydrogen-bond donors (Lipinski definition) is 0. The van der Waals surface area contributed by atoms with Crippen LogP contribution in [0.1, 0.15) is 15.9 Å². The molecule has 2 rings (SSSR count). The van der Waals surface area contributed by atoms with Crippen LogP contribution in [0.2, 0.25) is 0 Å². The number of ketones is 1. The minimum absolute atomic E-state index is 0.0904. The summed E-state index contributed by atoms with van der Waals surface area (Å²) in [7, 11) is 0. The van der Waals surface area contributed by atoms with E-state index in [2.05, 4.69) is 0 Å².